The Balaban J connectivity index is 3.20. The molecule has 3 nitrogen and oxygen atoms in total. The van der Waals surface area contributed by atoms with Crippen LogP contribution in [0.5, 0.6) is 0 Å². The monoisotopic (exact) mass is 228 g/mol. The topological polar surface area (TPSA) is 34.9 Å². The molecule has 2 unspecified atom stereocenters. The molecule has 84 valence electrons. The quantitative estimate of drug-likeness (QED) is 0.746. The minimum Gasteiger partial charge on any atom is -0.294 e. The lowest BCUT2D eigenvalue weighted by molar-refractivity contribution is 0.353. The van der Waals surface area contributed by atoms with Crippen LogP contribution in [0.25, 0.3) is 0 Å². The molecular weight excluding hydrogens is 212 g/mol. The van der Waals surface area contributed by atoms with Crippen molar-refractivity contribution in [3.8, 4) is 0 Å². The molecule has 0 radical (unpaired) electrons. The van der Waals surface area contributed by atoms with Gasteiger partial charge in [0.2, 0.25) is 0 Å². The molecular formula is C11H17ClN2O. The van der Waals surface area contributed by atoms with Gasteiger partial charge in [0.1, 0.15) is 11.0 Å². The fourth-order valence-corrected chi connectivity index (χ4v) is 1.88. The Hall–Kier alpha value is -0.830. The Morgan fingerprint density at radius 3 is 2.60 bits per heavy atom. The average molecular weight is 229 g/mol. The molecule has 0 fully saturated rings. The first-order valence-electron chi connectivity index (χ1n) is 5.23. The summed E-state index contributed by atoms with van der Waals surface area (Å²) in [5, 5.41) is 0.269. The molecule has 2 atom stereocenters. The number of nitrogens with zero attached hydrogens (tertiary/aromatic N) is 2. The molecule has 0 aliphatic heterocycles. The zero-order valence-electron chi connectivity index (χ0n) is 9.62. The van der Waals surface area contributed by atoms with Crippen molar-refractivity contribution in [1.29, 1.82) is 0 Å². The molecule has 0 spiro atoms. The van der Waals surface area contributed by atoms with Gasteiger partial charge in [-0.05, 0) is 19.8 Å². The lowest BCUT2D eigenvalue weighted by Crippen LogP contribution is -2.29. The van der Waals surface area contributed by atoms with Crippen LogP contribution in [0.1, 0.15) is 39.1 Å². The van der Waals surface area contributed by atoms with E-state index in [4.69, 9.17) is 11.6 Å². The molecule has 0 aromatic carbocycles. The molecule has 0 aliphatic carbocycles. The summed E-state index contributed by atoms with van der Waals surface area (Å²) in [7, 11) is 0. The van der Waals surface area contributed by atoms with E-state index in [-0.39, 0.29) is 16.8 Å². The largest absolute Gasteiger partial charge is 0.294 e. The van der Waals surface area contributed by atoms with Crippen LogP contribution < -0.4 is 5.56 Å². The number of halogens is 1. The SMILES string of the molecule is CCC(C)C(C)n1c(C)nc(Cl)cc1=O. The van der Waals surface area contributed by atoms with Crippen molar-refractivity contribution in [1.82, 2.24) is 9.55 Å². The standard InChI is InChI=1S/C11H17ClN2O/c1-5-7(2)8(3)14-9(4)13-10(12)6-11(14)15/h6-8H,5H2,1-4H3. The van der Waals surface area contributed by atoms with Gasteiger partial charge in [0.05, 0.1) is 0 Å². The second-order valence-corrected chi connectivity index (χ2v) is 4.35. The average Bonchev–Trinajstić information content (AvgIpc) is 2.14. The van der Waals surface area contributed by atoms with Gasteiger partial charge in [0.25, 0.3) is 5.56 Å². The van der Waals surface area contributed by atoms with Gasteiger partial charge < -0.3 is 0 Å². The maximum Gasteiger partial charge on any atom is 0.255 e. The van der Waals surface area contributed by atoms with Crippen LogP contribution in [0.2, 0.25) is 5.15 Å². The van der Waals surface area contributed by atoms with E-state index in [0.717, 1.165) is 6.42 Å². The summed E-state index contributed by atoms with van der Waals surface area (Å²) >= 11 is 5.72. The van der Waals surface area contributed by atoms with Gasteiger partial charge in [-0.1, -0.05) is 31.9 Å². The minimum atomic E-state index is -0.0692. The van der Waals surface area contributed by atoms with Crippen molar-refractivity contribution in [3.05, 3.63) is 27.4 Å². The number of hydrogen-bond donors (Lipinski definition) is 0. The number of aromatic nitrogens is 2. The van der Waals surface area contributed by atoms with Crippen LogP contribution in [-0.4, -0.2) is 9.55 Å². The molecule has 0 saturated heterocycles. The maximum absolute atomic E-state index is 11.8. The van der Waals surface area contributed by atoms with E-state index >= 15 is 0 Å². The summed E-state index contributed by atoms with van der Waals surface area (Å²) in [5.41, 5.74) is -0.0692. The van der Waals surface area contributed by atoms with Gasteiger partial charge in [0, 0.05) is 12.1 Å². The van der Waals surface area contributed by atoms with Crippen LogP contribution >= 0.6 is 11.6 Å². The van der Waals surface area contributed by atoms with Crippen LogP contribution in [0.15, 0.2) is 10.9 Å². The molecule has 0 amide bonds. The van der Waals surface area contributed by atoms with Crippen molar-refractivity contribution in [2.24, 2.45) is 5.92 Å². The highest BCUT2D eigenvalue weighted by Gasteiger charge is 2.16. The van der Waals surface area contributed by atoms with Crippen molar-refractivity contribution >= 4 is 11.6 Å². The van der Waals surface area contributed by atoms with E-state index in [1.807, 2.05) is 13.8 Å². The molecule has 1 rings (SSSR count). The third kappa shape index (κ3) is 2.59. The highest BCUT2D eigenvalue weighted by Crippen LogP contribution is 2.19. The Morgan fingerprint density at radius 2 is 2.13 bits per heavy atom. The van der Waals surface area contributed by atoms with Gasteiger partial charge in [-0.25, -0.2) is 4.98 Å². The highest BCUT2D eigenvalue weighted by atomic mass is 35.5. The summed E-state index contributed by atoms with van der Waals surface area (Å²) in [5.74, 6) is 1.13. The lowest BCUT2D eigenvalue weighted by Gasteiger charge is -2.22. The van der Waals surface area contributed by atoms with Crippen LogP contribution in [0.4, 0.5) is 0 Å². The van der Waals surface area contributed by atoms with Gasteiger partial charge in [-0.15, -0.1) is 0 Å². The first-order chi connectivity index (χ1) is 6.97. The predicted molar refractivity (Wildman–Crippen MR) is 62.4 cm³/mol. The third-order valence-corrected chi connectivity index (χ3v) is 3.17. The van der Waals surface area contributed by atoms with Crippen molar-refractivity contribution in [2.75, 3.05) is 0 Å². The molecule has 0 N–H and O–H groups in total. The zero-order valence-corrected chi connectivity index (χ0v) is 10.4. The van der Waals surface area contributed by atoms with Gasteiger partial charge in [-0.2, -0.15) is 0 Å². The zero-order chi connectivity index (χ0) is 11.6. The molecule has 1 heterocycles. The van der Waals surface area contributed by atoms with Crippen LogP contribution in [-0.2, 0) is 0 Å². The molecule has 1 aromatic heterocycles. The minimum absolute atomic E-state index is 0.0692. The van der Waals surface area contributed by atoms with E-state index in [9.17, 15) is 4.79 Å². The summed E-state index contributed by atoms with van der Waals surface area (Å²) in [6.45, 7) is 8.10. The van der Waals surface area contributed by atoms with Gasteiger partial charge >= 0.3 is 0 Å². The maximum atomic E-state index is 11.8. The Bertz CT molecular complexity index is 400. The highest BCUT2D eigenvalue weighted by molar-refractivity contribution is 6.29. The fraction of sp³-hybridized carbons (Fsp3) is 0.636. The second-order valence-electron chi connectivity index (χ2n) is 3.96. The first-order valence-corrected chi connectivity index (χ1v) is 5.60. The predicted octanol–water partition coefficient (Wildman–Crippen LogP) is 2.81. The lowest BCUT2D eigenvalue weighted by atomic mass is 10.0. The molecule has 0 saturated carbocycles. The summed E-state index contributed by atoms with van der Waals surface area (Å²) < 4.78 is 1.71. The first kappa shape index (κ1) is 12.2. The van der Waals surface area contributed by atoms with Crippen molar-refractivity contribution in [3.63, 3.8) is 0 Å². The Labute approximate surface area is 95.1 Å². The number of hydrogen-bond acceptors (Lipinski definition) is 2. The number of rotatable bonds is 3. The van der Waals surface area contributed by atoms with Crippen LogP contribution in [0, 0.1) is 12.8 Å². The fourth-order valence-electron chi connectivity index (χ4n) is 1.66. The van der Waals surface area contributed by atoms with Crippen LogP contribution in [0.3, 0.4) is 0 Å². The van der Waals surface area contributed by atoms with E-state index in [1.165, 1.54) is 6.07 Å². The normalized spacial score (nSPS) is 15.0. The summed E-state index contributed by atoms with van der Waals surface area (Å²) in [4.78, 5) is 15.9. The van der Waals surface area contributed by atoms with Gasteiger partial charge in [0.15, 0.2) is 0 Å². The van der Waals surface area contributed by atoms with E-state index in [2.05, 4.69) is 18.8 Å². The van der Waals surface area contributed by atoms with E-state index < -0.39 is 0 Å². The van der Waals surface area contributed by atoms with Crippen molar-refractivity contribution in [2.45, 2.75) is 40.2 Å². The molecule has 0 aliphatic rings. The van der Waals surface area contributed by atoms with Crippen molar-refractivity contribution < 1.29 is 0 Å². The molecule has 4 heteroatoms. The Morgan fingerprint density at radius 1 is 1.53 bits per heavy atom. The third-order valence-electron chi connectivity index (χ3n) is 2.97. The number of aryl methyl sites for hydroxylation is 1. The van der Waals surface area contributed by atoms with E-state index in [0.29, 0.717) is 11.7 Å². The van der Waals surface area contributed by atoms with E-state index in [1.54, 1.807) is 4.57 Å². The molecule has 1 aromatic rings. The summed E-state index contributed by atoms with van der Waals surface area (Å²) in [6, 6.07) is 1.53. The smallest absolute Gasteiger partial charge is 0.255 e. The second kappa shape index (κ2) is 4.79. The van der Waals surface area contributed by atoms with Gasteiger partial charge in [-0.3, -0.25) is 9.36 Å². The Kier molecular flexibility index (Phi) is 3.91. The summed E-state index contributed by atoms with van der Waals surface area (Å²) in [6.07, 6.45) is 1.04. The molecule has 0 bridgehead atoms. The molecule has 15 heavy (non-hydrogen) atoms.